The zero-order valence-corrected chi connectivity index (χ0v) is 17.5. The van der Waals surface area contributed by atoms with Gasteiger partial charge in [0.1, 0.15) is 18.2 Å². The van der Waals surface area contributed by atoms with E-state index >= 15 is 0 Å². The van der Waals surface area contributed by atoms with Crippen LogP contribution in [-0.2, 0) is 21.4 Å². The summed E-state index contributed by atoms with van der Waals surface area (Å²) in [6.45, 7) is 0.203. The van der Waals surface area contributed by atoms with Gasteiger partial charge in [-0.1, -0.05) is 30.3 Å². The quantitative estimate of drug-likeness (QED) is 0.519. The first-order chi connectivity index (χ1) is 14.9. The Morgan fingerprint density at radius 2 is 1.77 bits per heavy atom. The Hall–Kier alpha value is -3.49. The summed E-state index contributed by atoms with van der Waals surface area (Å²) < 4.78 is 44.6. The standard InChI is InChI=1S/C23H21FN2O4S/c1-25-31(28,29)22-11-8-17(9-12-22)10-13-23(27)26-20-6-3-7-21(15-20)30-16-18-4-2-5-19(24)14-18/h2-15,25H,16H2,1H3,(H,26,27)/b13-10+. The number of rotatable bonds is 8. The van der Waals surface area contributed by atoms with Crippen molar-refractivity contribution in [3.05, 3.63) is 95.8 Å². The van der Waals surface area contributed by atoms with Crippen molar-refractivity contribution in [2.45, 2.75) is 11.5 Å². The van der Waals surface area contributed by atoms with Crippen molar-refractivity contribution in [3.8, 4) is 5.75 Å². The molecule has 0 atom stereocenters. The summed E-state index contributed by atoms with van der Waals surface area (Å²) in [6.07, 6.45) is 2.93. The number of amides is 1. The van der Waals surface area contributed by atoms with Crippen LogP contribution >= 0.6 is 0 Å². The van der Waals surface area contributed by atoms with Gasteiger partial charge in [-0.25, -0.2) is 17.5 Å². The van der Waals surface area contributed by atoms with Crippen LogP contribution in [0.4, 0.5) is 10.1 Å². The molecule has 0 unspecified atom stereocenters. The van der Waals surface area contributed by atoms with Gasteiger partial charge in [-0.2, -0.15) is 0 Å². The highest BCUT2D eigenvalue weighted by molar-refractivity contribution is 7.89. The number of halogens is 1. The van der Waals surface area contributed by atoms with E-state index in [9.17, 15) is 17.6 Å². The fraction of sp³-hybridized carbons (Fsp3) is 0.0870. The first kappa shape index (κ1) is 22.2. The summed E-state index contributed by atoms with van der Waals surface area (Å²) in [5, 5.41) is 2.73. The van der Waals surface area contributed by atoms with E-state index in [0.717, 1.165) is 0 Å². The summed E-state index contributed by atoms with van der Waals surface area (Å²) in [7, 11) is -2.16. The largest absolute Gasteiger partial charge is 0.489 e. The van der Waals surface area contributed by atoms with Crippen LogP contribution in [0.3, 0.4) is 0 Å². The van der Waals surface area contributed by atoms with E-state index in [2.05, 4.69) is 10.0 Å². The molecule has 3 aromatic rings. The molecule has 0 aliphatic carbocycles. The lowest BCUT2D eigenvalue weighted by Crippen LogP contribution is -2.18. The molecule has 0 saturated heterocycles. The number of hydrogen-bond donors (Lipinski definition) is 2. The number of sulfonamides is 1. The van der Waals surface area contributed by atoms with Crippen LogP contribution in [0, 0.1) is 5.82 Å². The average molecular weight is 440 g/mol. The zero-order chi connectivity index (χ0) is 22.3. The van der Waals surface area contributed by atoms with Crippen LogP contribution in [0.25, 0.3) is 6.08 Å². The summed E-state index contributed by atoms with van der Waals surface area (Å²) in [6, 6.07) is 19.1. The molecule has 0 heterocycles. The first-order valence-corrected chi connectivity index (χ1v) is 10.8. The molecule has 6 nitrogen and oxygen atoms in total. The van der Waals surface area contributed by atoms with Crippen LogP contribution in [-0.4, -0.2) is 21.4 Å². The highest BCUT2D eigenvalue weighted by atomic mass is 32.2. The monoisotopic (exact) mass is 440 g/mol. The van der Waals surface area contributed by atoms with E-state index in [1.54, 1.807) is 54.6 Å². The number of ether oxygens (including phenoxy) is 1. The summed E-state index contributed by atoms with van der Waals surface area (Å²) in [5.74, 6) is -0.145. The molecule has 0 radical (unpaired) electrons. The average Bonchev–Trinajstić information content (AvgIpc) is 2.77. The molecular formula is C23H21FN2O4S. The Morgan fingerprint density at radius 3 is 2.48 bits per heavy atom. The van der Waals surface area contributed by atoms with E-state index in [1.807, 2.05) is 0 Å². The van der Waals surface area contributed by atoms with Crippen molar-refractivity contribution in [3.63, 3.8) is 0 Å². The first-order valence-electron chi connectivity index (χ1n) is 9.36. The Morgan fingerprint density at radius 1 is 1.03 bits per heavy atom. The van der Waals surface area contributed by atoms with Crippen molar-refractivity contribution in [2.24, 2.45) is 0 Å². The van der Waals surface area contributed by atoms with Crippen molar-refractivity contribution in [1.82, 2.24) is 4.72 Å². The maximum atomic E-state index is 13.2. The summed E-state index contributed by atoms with van der Waals surface area (Å²) in [5.41, 5.74) is 1.92. The lowest BCUT2D eigenvalue weighted by atomic mass is 10.2. The van der Waals surface area contributed by atoms with Gasteiger partial charge in [-0.15, -0.1) is 0 Å². The Kier molecular flexibility index (Phi) is 7.17. The minimum absolute atomic E-state index is 0.145. The summed E-state index contributed by atoms with van der Waals surface area (Å²) >= 11 is 0. The van der Waals surface area contributed by atoms with Gasteiger partial charge in [0, 0.05) is 17.8 Å². The molecule has 0 aliphatic rings. The molecule has 2 N–H and O–H groups in total. The third kappa shape index (κ3) is 6.50. The number of carbonyl (C=O) groups excluding carboxylic acids is 1. The van der Waals surface area contributed by atoms with E-state index in [4.69, 9.17) is 4.74 Å². The lowest BCUT2D eigenvalue weighted by Gasteiger charge is -2.09. The number of benzene rings is 3. The number of anilines is 1. The molecule has 3 rings (SSSR count). The minimum atomic E-state index is -3.50. The second kappa shape index (κ2) is 10.0. The Balaban J connectivity index is 1.58. The maximum absolute atomic E-state index is 13.2. The molecular weight excluding hydrogens is 419 g/mol. The molecule has 3 aromatic carbocycles. The van der Waals surface area contributed by atoms with E-state index in [1.165, 1.54) is 37.4 Å². The topological polar surface area (TPSA) is 84.5 Å². The van der Waals surface area contributed by atoms with Gasteiger partial charge in [-0.05, 0) is 60.6 Å². The molecule has 0 bridgehead atoms. The zero-order valence-electron chi connectivity index (χ0n) is 16.7. The second-order valence-electron chi connectivity index (χ2n) is 6.55. The molecule has 160 valence electrons. The van der Waals surface area contributed by atoms with Gasteiger partial charge in [0.2, 0.25) is 15.9 Å². The van der Waals surface area contributed by atoms with Crippen molar-refractivity contribution in [1.29, 1.82) is 0 Å². The lowest BCUT2D eigenvalue weighted by molar-refractivity contribution is -0.111. The Labute approximate surface area is 180 Å². The van der Waals surface area contributed by atoms with Crippen LogP contribution < -0.4 is 14.8 Å². The molecule has 8 heteroatoms. The predicted molar refractivity (Wildman–Crippen MR) is 118 cm³/mol. The number of hydrogen-bond acceptors (Lipinski definition) is 4. The van der Waals surface area contributed by atoms with Crippen LogP contribution in [0.1, 0.15) is 11.1 Å². The summed E-state index contributed by atoms with van der Waals surface area (Å²) in [4.78, 5) is 12.3. The second-order valence-corrected chi connectivity index (χ2v) is 8.43. The highest BCUT2D eigenvalue weighted by Gasteiger charge is 2.09. The van der Waals surface area contributed by atoms with Crippen LogP contribution in [0.15, 0.2) is 83.8 Å². The van der Waals surface area contributed by atoms with Gasteiger partial charge < -0.3 is 10.1 Å². The number of nitrogens with one attached hydrogen (secondary N) is 2. The molecule has 0 saturated carbocycles. The van der Waals surface area contributed by atoms with E-state index in [-0.39, 0.29) is 23.2 Å². The third-order valence-electron chi connectivity index (χ3n) is 4.28. The molecule has 0 spiro atoms. The third-order valence-corrected chi connectivity index (χ3v) is 5.71. The van der Waals surface area contributed by atoms with Gasteiger partial charge in [0.25, 0.3) is 0 Å². The maximum Gasteiger partial charge on any atom is 0.248 e. The smallest absolute Gasteiger partial charge is 0.248 e. The van der Waals surface area contributed by atoms with Gasteiger partial charge >= 0.3 is 0 Å². The van der Waals surface area contributed by atoms with Crippen molar-refractivity contribution in [2.75, 3.05) is 12.4 Å². The molecule has 0 fully saturated rings. The highest BCUT2D eigenvalue weighted by Crippen LogP contribution is 2.19. The fourth-order valence-electron chi connectivity index (χ4n) is 2.69. The van der Waals surface area contributed by atoms with Gasteiger partial charge in [0.15, 0.2) is 0 Å². The number of carbonyl (C=O) groups is 1. The molecule has 31 heavy (non-hydrogen) atoms. The van der Waals surface area contributed by atoms with Crippen molar-refractivity contribution < 1.29 is 22.3 Å². The fourth-order valence-corrected chi connectivity index (χ4v) is 3.42. The van der Waals surface area contributed by atoms with Crippen LogP contribution in [0.5, 0.6) is 5.75 Å². The molecule has 0 aromatic heterocycles. The van der Waals surface area contributed by atoms with Gasteiger partial charge in [0.05, 0.1) is 4.90 Å². The van der Waals surface area contributed by atoms with Crippen LogP contribution in [0.2, 0.25) is 0 Å². The minimum Gasteiger partial charge on any atom is -0.489 e. The Bertz CT molecular complexity index is 1190. The van der Waals surface area contributed by atoms with Gasteiger partial charge in [-0.3, -0.25) is 4.79 Å². The van der Waals surface area contributed by atoms with E-state index in [0.29, 0.717) is 22.6 Å². The normalized spacial score (nSPS) is 11.4. The predicted octanol–water partition coefficient (Wildman–Crippen LogP) is 3.96. The molecule has 1 amide bonds. The van der Waals surface area contributed by atoms with E-state index < -0.39 is 10.0 Å². The molecule has 0 aliphatic heterocycles. The SMILES string of the molecule is CNS(=O)(=O)c1ccc(/C=C/C(=O)Nc2cccc(OCc3cccc(F)c3)c2)cc1. The van der Waals surface area contributed by atoms with Crippen molar-refractivity contribution >= 4 is 27.7 Å².